The number of aromatic nitrogens is 1. The van der Waals surface area contributed by atoms with Gasteiger partial charge in [0, 0.05) is 24.2 Å². The first-order valence-corrected chi connectivity index (χ1v) is 11.7. The molecule has 0 radical (unpaired) electrons. The van der Waals surface area contributed by atoms with Crippen molar-refractivity contribution in [2.45, 2.75) is 31.0 Å². The minimum atomic E-state index is -3.63. The molecule has 1 aromatic carbocycles. The molecule has 1 aliphatic rings. The van der Waals surface area contributed by atoms with Crippen molar-refractivity contribution in [3.63, 3.8) is 0 Å². The standard InChI is InChI=1S/C20H21N3O5S2/c1-13-10-23(11-14(2)28-13)30(25,26)16-7-5-15(6-8-16)21-19(24)17-12-29-20(22-17)18-4-3-9-27-18/h3-9,12-14H,10-11H2,1-2H3,(H,21,24). The summed E-state index contributed by atoms with van der Waals surface area (Å²) < 4.78 is 38.2. The third-order valence-electron chi connectivity index (χ3n) is 4.60. The normalized spacial score (nSPS) is 20.2. The summed E-state index contributed by atoms with van der Waals surface area (Å²) >= 11 is 1.31. The Kier molecular flexibility index (Phi) is 5.74. The molecule has 1 amide bonds. The number of carbonyl (C=O) groups is 1. The number of nitrogens with one attached hydrogen (secondary N) is 1. The zero-order valence-electron chi connectivity index (χ0n) is 16.4. The Balaban J connectivity index is 1.45. The summed E-state index contributed by atoms with van der Waals surface area (Å²) in [5.74, 6) is 0.218. The van der Waals surface area contributed by atoms with Crippen LogP contribution < -0.4 is 5.32 Å². The van der Waals surface area contributed by atoms with Gasteiger partial charge in [-0.15, -0.1) is 11.3 Å². The molecule has 8 nitrogen and oxygen atoms in total. The lowest BCUT2D eigenvalue weighted by molar-refractivity contribution is -0.0440. The second-order valence-corrected chi connectivity index (χ2v) is 9.87. The molecule has 0 saturated carbocycles. The number of ether oxygens (including phenoxy) is 1. The molecule has 158 valence electrons. The van der Waals surface area contributed by atoms with Crippen molar-refractivity contribution in [2.24, 2.45) is 0 Å². The molecule has 4 rings (SSSR count). The van der Waals surface area contributed by atoms with Crippen LogP contribution in [-0.2, 0) is 14.8 Å². The molecule has 2 unspecified atom stereocenters. The van der Waals surface area contributed by atoms with Crippen LogP contribution in [0.3, 0.4) is 0 Å². The number of morpholine rings is 1. The van der Waals surface area contributed by atoms with E-state index >= 15 is 0 Å². The van der Waals surface area contributed by atoms with Crippen molar-refractivity contribution >= 4 is 33.0 Å². The van der Waals surface area contributed by atoms with E-state index in [-0.39, 0.29) is 28.7 Å². The van der Waals surface area contributed by atoms with Gasteiger partial charge in [-0.1, -0.05) is 0 Å². The summed E-state index contributed by atoms with van der Waals surface area (Å²) in [4.78, 5) is 16.9. The van der Waals surface area contributed by atoms with Crippen LogP contribution >= 0.6 is 11.3 Å². The van der Waals surface area contributed by atoms with Gasteiger partial charge in [-0.05, 0) is 50.2 Å². The average molecular weight is 448 g/mol. The number of nitrogens with zero attached hydrogens (tertiary/aromatic N) is 2. The third-order valence-corrected chi connectivity index (χ3v) is 7.31. The number of anilines is 1. The van der Waals surface area contributed by atoms with Gasteiger partial charge in [-0.25, -0.2) is 13.4 Å². The van der Waals surface area contributed by atoms with Gasteiger partial charge in [-0.3, -0.25) is 4.79 Å². The summed E-state index contributed by atoms with van der Waals surface area (Å²) in [6.45, 7) is 4.33. The molecule has 10 heteroatoms. The van der Waals surface area contributed by atoms with E-state index < -0.39 is 10.0 Å². The Labute approximate surface area is 178 Å². The first kappa shape index (κ1) is 20.7. The first-order valence-electron chi connectivity index (χ1n) is 9.39. The van der Waals surface area contributed by atoms with Crippen molar-refractivity contribution in [3.8, 4) is 10.8 Å². The summed E-state index contributed by atoms with van der Waals surface area (Å²) in [5.41, 5.74) is 0.745. The number of benzene rings is 1. The van der Waals surface area contributed by atoms with Crippen LogP contribution in [0.25, 0.3) is 10.8 Å². The highest BCUT2D eigenvalue weighted by Gasteiger charge is 2.32. The fraction of sp³-hybridized carbons (Fsp3) is 0.300. The van der Waals surface area contributed by atoms with E-state index in [9.17, 15) is 13.2 Å². The van der Waals surface area contributed by atoms with E-state index in [1.807, 2.05) is 13.8 Å². The molecule has 1 fully saturated rings. The van der Waals surface area contributed by atoms with Gasteiger partial charge in [0.15, 0.2) is 10.8 Å². The fourth-order valence-corrected chi connectivity index (χ4v) is 5.63. The van der Waals surface area contributed by atoms with E-state index in [0.29, 0.717) is 29.5 Å². The molecule has 1 aliphatic heterocycles. The predicted molar refractivity (Wildman–Crippen MR) is 113 cm³/mol. The van der Waals surface area contributed by atoms with Gasteiger partial charge < -0.3 is 14.5 Å². The molecular weight excluding hydrogens is 426 g/mol. The number of thiazole rings is 1. The first-order chi connectivity index (χ1) is 14.3. The summed E-state index contributed by atoms with van der Waals surface area (Å²) in [7, 11) is -3.63. The van der Waals surface area contributed by atoms with Crippen LogP contribution in [0.5, 0.6) is 0 Å². The second kappa shape index (κ2) is 8.31. The lowest BCUT2D eigenvalue weighted by Gasteiger charge is -2.34. The summed E-state index contributed by atoms with van der Waals surface area (Å²) in [5, 5.41) is 4.99. The van der Waals surface area contributed by atoms with Crippen molar-refractivity contribution in [1.82, 2.24) is 9.29 Å². The fourth-order valence-electron chi connectivity index (χ4n) is 3.27. The Morgan fingerprint density at radius 1 is 1.17 bits per heavy atom. The SMILES string of the molecule is CC1CN(S(=O)(=O)c2ccc(NC(=O)c3csc(-c4ccco4)n3)cc2)CC(C)O1. The van der Waals surface area contributed by atoms with E-state index in [2.05, 4.69) is 10.3 Å². The van der Waals surface area contributed by atoms with E-state index in [1.165, 1.54) is 27.8 Å². The van der Waals surface area contributed by atoms with E-state index in [1.54, 1.807) is 35.9 Å². The largest absolute Gasteiger partial charge is 0.462 e. The molecule has 1 N–H and O–H groups in total. The van der Waals surface area contributed by atoms with Gasteiger partial charge in [0.25, 0.3) is 5.91 Å². The Morgan fingerprint density at radius 2 is 1.87 bits per heavy atom. The van der Waals surface area contributed by atoms with E-state index in [0.717, 1.165) is 0 Å². The molecule has 3 heterocycles. The number of hydrogen-bond acceptors (Lipinski definition) is 7. The quantitative estimate of drug-likeness (QED) is 0.643. The smallest absolute Gasteiger partial charge is 0.275 e. The van der Waals surface area contributed by atoms with Gasteiger partial charge in [0.05, 0.1) is 23.4 Å². The van der Waals surface area contributed by atoms with Crippen molar-refractivity contribution in [2.75, 3.05) is 18.4 Å². The van der Waals surface area contributed by atoms with Gasteiger partial charge >= 0.3 is 0 Å². The lowest BCUT2D eigenvalue weighted by Crippen LogP contribution is -2.48. The highest BCUT2D eigenvalue weighted by molar-refractivity contribution is 7.89. The van der Waals surface area contributed by atoms with Gasteiger partial charge in [0.2, 0.25) is 10.0 Å². The van der Waals surface area contributed by atoms with Crippen LogP contribution in [0, 0.1) is 0 Å². The molecule has 3 aromatic rings. The molecule has 2 aromatic heterocycles. The van der Waals surface area contributed by atoms with Crippen molar-refractivity contribution in [1.29, 1.82) is 0 Å². The number of furan rings is 1. The Hall–Kier alpha value is -2.53. The second-order valence-electron chi connectivity index (χ2n) is 7.07. The van der Waals surface area contributed by atoms with Crippen LogP contribution in [-0.4, -0.2) is 48.9 Å². The molecular formula is C20H21N3O5S2. The number of carbonyl (C=O) groups excluding carboxylic acids is 1. The maximum absolute atomic E-state index is 12.9. The predicted octanol–water partition coefficient (Wildman–Crippen LogP) is 3.45. The van der Waals surface area contributed by atoms with E-state index in [4.69, 9.17) is 9.15 Å². The molecule has 30 heavy (non-hydrogen) atoms. The highest BCUT2D eigenvalue weighted by Crippen LogP contribution is 2.25. The van der Waals surface area contributed by atoms with Crippen LogP contribution in [0.15, 0.2) is 57.4 Å². The molecule has 0 spiro atoms. The third kappa shape index (κ3) is 4.31. The zero-order chi connectivity index (χ0) is 21.3. The molecule has 2 atom stereocenters. The summed E-state index contributed by atoms with van der Waals surface area (Å²) in [6, 6.07) is 9.64. The topological polar surface area (TPSA) is 102 Å². The Morgan fingerprint density at radius 3 is 2.50 bits per heavy atom. The maximum atomic E-state index is 12.9. The zero-order valence-corrected chi connectivity index (χ0v) is 18.1. The molecule has 0 bridgehead atoms. The van der Waals surface area contributed by atoms with Crippen molar-refractivity contribution in [3.05, 3.63) is 53.7 Å². The highest BCUT2D eigenvalue weighted by atomic mass is 32.2. The minimum Gasteiger partial charge on any atom is -0.462 e. The molecule has 0 aliphatic carbocycles. The summed E-state index contributed by atoms with van der Waals surface area (Å²) in [6.07, 6.45) is 1.22. The van der Waals surface area contributed by atoms with Crippen LogP contribution in [0.4, 0.5) is 5.69 Å². The number of amides is 1. The maximum Gasteiger partial charge on any atom is 0.275 e. The lowest BCUT2D eigenvalue weighted by atomic mass is 10.3. The minimum absolute atomic E-state index is 0.161. The number of rotatable bonds is 5. The monoisotopic (exact) mass is 447 g/mol. The van der Waals surface area contributed by atoms with Gasteiger partial charge in [-0.2, -0.15) is 4.31 Å². The average Bonchev–Trinajstić information content (AvgIpc) is 3.39. The van der Waals surface area contributed by atoms with Gasteiger partial charge in [0.1, 0.15) is 5.69 Å². The van der Waals surface area contributed by atoms with Crippen LogP contribution in [0.1, 0.15) is 24.3 Å². The van der Waals surface area contributed by atoms with Crippen LogP contribution in [0.2, 0.25) is 0 Å². The molecule has 1 saturated heterocycles. The number of hydrogen-bond donors (Lipinski definition) is 1. The Bertz CT molecular complexity index is 1110. The van der Waals surface area contributed by atoms with Crippen molar-refractivity contribution < 1.29 is 22.4 Å². The number of sulfonamides is 1.